The number of hydrogen-bond donors (Lipinski definition) is 2. The SMILES string of the molecule is CCCOc1ccc(C(=O)NCC(=O)N/N=C(C)\C=C\c2ccccc2)cc1. The van der Waals surface area contributed by atoms with Gasteiger partial charge < -0.3 is 10.1 Å². The third-order valence-corrected chi connectivity index (χ3v) is 3.67. The van der Waals surface area contributed by atoms with Crippen LogP contribution in [0, 0.1) is 0 Å². The molecule has 2 aromatic carbocycles. The summed E-state index contributed by atoms with van der Waals surface area (Å²) in [6, 6.07) is 16.6. The van der Waals surface area contributed by atoms with E-state index < -0.39 is 5.91 Å². The van der Waals surface area contributed by atoms with Crippen LogP contribution in [-0.2, 0) is 4.79 Å². The largest absolute Gasteiger partial charge is 0.494 e. The number of allylic oxidation sites excluding steroid dienone is 1. The molecule has 0 spiro atoms. The fraction of sp³-hybridized carbons (Fsp3) is 0.227. The molecule has 0 radical (unpaired) electrons. The average molecular weight is 379 g/mol. The van der Waals surface area contributed by atoms with Gasteiger partial charge in [0.1, 0.15) is 5.75 Å². The number of benzene rings is 2. The number of hydrazone groups is 1. The minimum Gasteiger partial charge on any atom is -0.494 e. The molecule has 2 amide bonds. The van der Waals surface area contributed by atoms with Crippen molar-refractivity contribution in [1.29, 1.82) is 0 Å². The Kier molecular flexibility index (Phi) is 8.46. The molecule has 146 valence electrons. The summed E-state index contributed by atoms with van der Waals surface area (Å²) in [5.74, 6) is -0.0184. The van der Waals surface area contributed by atoms with Gasteiger partial charge in [-0.2, -0.15) is 5.10 Å². The fourth-order valence-corrected chi connectivity index (χ4v) is 2.19. The van der Waals surface area contributed by atoms with Crippen molar-refractivity contribution in [2.24, 2.45) is 5.10 Å². The highest BCUT2D eigenvalue weighted by Gasteiger charge is 2.08. The number of amides is 2. The fourth-order valence-electron chi connectivity index (χ4n) is 2.19. The lowest BCUT2D eigenvalue weighted by molar-refractivity contribution is -0.120. The second-order valence-corrected chi connectivity index (χ2v) is 6.09. The zero-order valence-corrected chi connectivity index (χ0v) is 16.1. The van der Waals surface area contributed by atoms with E-state index in [0.717, 1.165) is 12.0 Å². The minimum absolute atomic E-state index is 0.161. The topological polar surface area (TPSA) is 79.8 Å². The van der Waals surface area contributed by atoms with Gasteiger partial charge in [-0.15, -0.1) is 0 Å². The molecule has 2 aromatic rings. The monoisotopic (exact) mass is 379 g/mol. The maximum atomic E-state index is 12.1. The van der Waals surface area contributed by atoms with Gasteiger partial charge >= 0.3 is 0 Å². The second-order valence-electron chi connectivity index (χ2n) is 6.09. The number of ether oxygens (including phenoxy) is 1. The second kappa shape index (κ2) is 11.3. The number of hydrogen-bond acceptors (Lipinski definition) is 4. The van der Waals surface area contributed by atoms with Crippen molar-refractivity contribution < 1.29 is 14.3 Å². The molecular weight excluding hydrogens is 354 g/mol. The molecule has 0 aliphatic rings. The van der Waals surface area contributed by atoms with E-state index in [2.05, 4.69) is 15.8 Å². The molecule has 0 aromatic heterocycles. The highest BCUT2D eigenvalue weighted by Crippen LogP contribution is 2.12. The molecule has 0 aliphatic carbocycles. The predicted molar refractivity (Wildman–Crippen MR) is 111 cm³/mol. The molecule has 28 heavy (non-hydrogen) atoms. The molecule has 2 N–H and O–H groups in total. The van der Waals surface area contributed by atoms with E-state index >= 15 is 0 Å². The predicted octanol–water partition coefficient (Wildman–Crippen LogP) is 3.41. The van der Waals surface area contributed by atoms with E-state index in [1.54, 1.807) is 37.3 Å². The van der Waals surface area contributed by atoms with Gasteiger partial charge in [0.25, 0.3) is 11.8 Å². The maximum Gasteiger partial charge on any atom is 0.259 e. The average Bonchev–Trinajstić information content (AvgIpc) is 2.74. The smallest absolute Gasteiger partial charge is 0.259 e. The Morgan fingerprint density at radius 3 is 2.46 bits per heavy atom. The van der Waals surface area contributed by atoms with Gasteiger partial charge in [-0.3, -0.25) is 9.59 Å². The molecule has 2 rings (SSSR count). The molecule has 0 atom stereocenters. The zero-order chi connectivity index (χ0) is 20.2. The summed E-state index contributed by atoms with van der Waals surface area (Å²) in [6.45, 7) is 4.27. The lowest BCUT2D eigenvalue weighted by Crippen LogP contribution is -2.35. The summed E-state index contributed by atoms with van der Waals surface area (Å²) in [4.78, 5) is 23.9. The number of nitrogens with zero attached hydrogens (tertiary/aromatic N) is 1. The van der Waals surface area contributed by atoms with Gasteiger partial charge in [0.15, 0.2) is 0 Å². The van der Waals surface area contributed by atoms with Gasteiger partial charge in [0.05, 0.1) is 18.9 Å². The first-order valence-electron chi connectivity index (χ1n) is 9.16. The number of carbonyl (C=O) groups excluding carboxylic acids is 2. The molecule has 0 saturated carbocycles. The van der Waals surface area contributed by atoms with Crippen LogP contribution in [0.15, 0.2) is 65.8 Å². The maximum absolute atomic E-state index is 12.1. The van der Waals surface area contributed by atoms with Crippen molar-refractivity contribution in [3.8, 4) is 5.75 Å². The van der Waals surface area contributed by atoms with E-state index in [-0.39, 0.29) is 12.5 Å². The Hall–Kier alpha value is -3.41. The third-order valence-electron chi connectivity index (χ3n) is 3.67. The van der Waals surface area contributed by atoms with Gasteiger partial charge in [-0.05, 0) is 49.2 Å². The number of rotatable bonds is 9. The van der Waals surface area contributed by atoms with Gasteiger partial charge in [-0.1, -0.05) is 43.3 Å². The Labute approximate surface area is 165 Å². The molecule has 0 heterocycles. The Morgan fingerprint density at radius 2 is 1.79 bits per heavy atom. The van der Waals surface area contributed by atoms with E-state index in [0.29, 0.717) is 23.6 Å². The molecule has 0 aliphatic heterocycles. The number of nitrogens with one attached hydrogen (secondary N) is 2. The van der Waals surface area contributed by atoms with Crippen LogP contribution in [0.4, 0.5) is 0 Å². The van der Waals surface area contributed by atoms with Crippen LogP contribution in [0.1, 0.15) is 36.2 Å². The highest BCUT2D eigenvalue weighted by atomic mass is 16.5. The Balaban J connectivity index is 1.76. The highest BCUT2D eigenvalue weighted by molar-refractivity contribution is 5.98. The van der Waals surface area contributed by atoms with Gasteiger partial charge in [-0.25, -0.2) is 5.43 Å². The van der Waals surface area contributed by atoms with Crippen molar-refractivity contribution in [3.63, 3.8) is 0 Å². The third kappa shape index (κ3) is 7.45. The minimum atomic E-state index is -0.399. The van der Waals surface area contributed by atoms with Crippen LogP contribution in [0.25, 0.3) is 6.08 Å². The molecule has 0 saturated heterocycles. The van der Waals surface area contributed by atoms with E-state index in [9.17, 15) is 9.59 Å². The summed E-state index contributed by atoms with van der Waals surface area (Å²) >= 11 is 0. The van der Waals surface area contributed by atoms with Crippen molar-refractivity contribution in [2.75, 3.05) is 13.2 Å². The van der Waals surface area contributed by atoms with Crippen LogP contribution in [-0.4, -0.2) is 30.7 Å². The van der Waals surface area contributed by atoms with Crippen LogP contribution < -0.4 is 15.5 Å². The van der Waals surface area contributed by atoms with Crippen LogP contribution >= 0.6 is 0 Å². The molecule has 0 bridgehead atoms. The van der Waals surface area contributed by atoms with E-state index in [4.69, 9.17) is 4.74 Å². The molecular formula is C22H25N3O3. The van der Waals surface area contributed by atoms with Gasteiger partial charge in [0, 0.05) is 5.56 Å². The van der Waals surface area contributed by atoms with Crippen LogP contribution in [0.2, 0.25) is 0 Å². The van der Waals surface area contributed by atoms with Crippen molar-refractivity contribution >= 4 is 23.6 Å². The lowest BCUT2D eigenvalue weighted by atomic mass is 10.2. The van der Waals surface area contributed by atoms with Crippen LogP contribution in [0.3, 0.4) is 0 Å². The first-order valence-corrected chi connectivity index (χ1v) is 9.16. The van der Waals surface area contributed by atoms with Crippen molar-refractivity contribution in [1.82, 2.24) is 10.7 Å². The van der Waals surface area contributed by atoms with Crippen molar-refractivity contribution in [2.45, 2.75) is 20.3 Å². The number of carbonyl (C=O) groups is 2. The summed E-state index contributed by atoms with van der Waals surface area (Å²) in [5, 5.41) is 6.56. The normalized spacial score (nSPS) is 11.3. The first kappa shape index (κ1) is 20.9. The summed E-state index contributed by atoms with van der Waals surface area (Å²) < 4.78 is 5.47. The zero-order valence-electron chi connectivity index (χ0n) is 16.1. The van der Waals surface area contributed by atoms with E-state index in [1.807, 2.05) is 43.3 Å². The standard InChI is InChI=1S/C22H25N3O3/c1-3-15-28-20-13-11-19(12-14-20)22(27)23-16-21(26)25-24-17(2)9-10-18-7-5-4-6-8-18/h4-14H,3,15-16H2,1-2H3,(H,23,27)(H,25,26)/b10-9+,24-17-. The van der Waals surface area contributed by atoms with Crippen LogP contribution in [0.5, 0.6) is 5.75 Å². The van der Waals surface area contributed by atoms with Gasteiger partial charge in [0.2, 0.25) is 0 Å². The molecule has 0 unspecified atom stereocenters. The quantitative estimate of drug-likeness (QED) is 0.518. The first-order chi connectivity index (χ1) is 13.6. The molecule has 6 heteroatoms. The Bertz CT molecular complexity index is 828. The molecule has 0 fully saturated rings. The lowest BCUT2D eigenvalue weighted by Gasteiger charge is -2.07. The summed E-state index contributed by atoms with van der Waals surface area (Å²) in [5.41, 5.74) is 4.57. The summed E-state index contributed by atoms with van der Waals surface area (Å²) in [7, 11) is 0. The van der Waals surface area contributed by atoms with Crippen molar-refractivity contribution in [3.05, 3.63) is 71.8 Å². The summed E-state index contributed by atoms with van der Waals surface area (Å²) in [6.07, 6.45) is 4.62. The van der Waals surface area contributed by atoms with E-state index in [1.165, 1.54) is 0 Å². The Morgan fingerprint density at radius 1 is 1.07 bits per heavy atom. The molecule has 6 nitrogen and oxygen atoms in total.